The highest BCUT2D eigenvalue weighted by molar-refractivity contribution is 5.53. The zero-order valence-corrected chi connectivity index (χ0v) is 9.06. The molecule has 0 aliphatic carbocycles. The van der Waals surface area contributed by atoms with Crippen molar-refractivity contribution in [1.82, 2.24) is 0 Å². The third-order valence-electron chi connectivity index (χ3n) is 2.26. The number of anilines is 1. The molecular weight excluding hydrogens is 215 g/mol. The van der Waals surface area contributed by atoms with Crippen LogP contribution in [0.4, 0.5) is 18.9 Å². The predicted octanol–water partition coefficient (Wildman–Crippen LogP) is 4.08. The fraction of sp³-hybridized carbons (Fsp3) is 0.333. The smallest absolute Gasteiger partial charge is 0.381 e. The minimum absolute atomic E-state index is 0.101. The number of benzene rings is 1. The summed E-state index contributed by atoms with van der Waals surface area (Å²) in [5, 5.41) is 2.75. The van der Waals surface area contributed by atoms with E-state index in [2.05, 4.69) is 11.9 Å². The topological polar surface area (TPSA) is 12.0 Å². The molecule has 1 rings (SSSR count). The van der Waals surface area contributed by atoms with Gasteiger partial charge in [0.05, 0.1) is 5.56 Å². The van der Waals surface area contributed by atoms with E-state index < -0.39 is 11.7 Å². The van der Waals surface area contributed by atoms with Gasteiger partial charge in [-0.1, -0.05) is 31.2 Å². The molecule has 1 aromatic carbocycles. The number of rotatable bonds is 4. The number of alkyl halides is 3. The highest BCUT2D eigenvalue weighted by atomic mass is 19.4. The van der Waals surface area contributed by atoms with E-state index in [0.717, 1.165) is 18.1 Å². The summed E-state index contributed by atoms with van der Waals surface area (Å²) in [6.07, 6.45) is -3.57. The standard InChI is InChI=1S/C12H14F3N/c1-3-9(2)8-16-11-7-5-4-6-10(11)12(13,14)15/h4-7,16H,2-3,8H2,1H3. The third kappa shape index (κ3) is 3.29. The van der Waals surface area contributed by atoms with Gasteiger partial charge in [0.2, 0.25) is 0 Å². The second-order valence-corrected chi connectivity index (χ2v) is 3.50. The zero-order valence-electron chi connectivity index (χ0n) is 9.06. The van der Waals surface area contributed by atoms with Crippen molar-refractivity contribution in [2.24, 2.45) is 0 Å². The average Bonchev–Trinajstić information content (AvgIpc) is 2.25. The van der Waals surface area contributed by atoms with Crippen LogP contribution in [0.5, 0.6) is 0 Å². The first-order valence-electron chi connectivity index (χ1n) is 5.02. The third-order valence-corrected chi connectivity index (χ3v) is 2.26. The van der Waals surface area contributed by atoms with Gasteiger partial charge >= 0.3 is 6.18 Å². The van der Waals surface area contributed by atoms with Crippen molar-refractivity contribution in [3.8, 4) is 0 Å². The van der Waals surface area contributed by atoms with E-state index >= 15 is 0 Å². The zero-order chi connectivity index (χ0) is 12.2. The first-order valence-corrected chi connectivity index (χ1v) is 5.02. The van der Waals surface area contributed by atoms with Gasteiger partial charge in [-0.05, 0) is 18.6 Å². The van der Waals surface area contributed by atoms with E-state index in [1.165, 1.54) is 12.1 Å². The maximum atomic E-state index is 12.6. The van der Waals surface area contributed by atoms with E-state index in [4.69, 9.17) is 0 Å². The van der Waals surface area contributed by atoms with Crippen LogP contribution in [0.15, 0.2) is 36.4 Å². The molecule has 88 valence electrons. The molecule has 4 heteroatoms. The van der Waals surface area contributed by atoms with Gasteiger partial charge in [-0.2, -0.15) is 13.2 Å². The van der Waals surface area contributed by atoms with Crippen LogP contribution in [-0.2, 0) is 6.18 Å². The molecule has 0 unspecified atom stereocenters. The highest BCUT2D eigenvalue weighted by Crippen LogP contribution is 2.34. The molecule has 0 saturated heterocycles. The Bertz CT molecular complexity index is 369. The molecule has 0 fully saturated rings. The lowest BCUT2D eigenvalue weighted by Crippen LogP contribution is -2.12. The van der Waals surface area contributed by atoms with Gasteiger partial charge in [-0.3, -0.25) is 0 Å². The molecule has 1 N–H and O–H groups in total. The van der Waals surface area contributed by atoms with Crippen LogP contribution >= 0.6 is 0 Å². The van der Waals surface area contributed by atoms with Crippen LogP contribution in [0.3, 0.4) is 0 Å². The number of hydrogen-bond donors (Lipinski definition) is 1. The summed E-state index contributed by atoms with van der Waals surface area (Å²) in [7, 11) is 0. The molecule has 0 spiro atoms. The van der Waals surface area contributed by atoms with Crippen LogP contribution in [0.1, 0.15) is 18.9 Å². The van der Waals surface area contributed by atoms with Gasteiger partial charge in [-0.25, -0.2) is 0 Å². The summed E-state index contributed by atoms with van der Waals surface area (Å²) in [4.78, 5) is 0. The van der Waals surface area contributed by atoms with Crippen molar-refractivity contribution in [3.05, 3.63) is 42.0 Å². The second kappa shape index (κ2) is 5.05. The molecule has 16 heavy (non-hydrogen) atoms. The van der Waals surface area contributed by atoms with Gasteiger partial charge in [0.1, 0.15) is 0 Å². The Hall–Kier alpha value is -1.45. The minimum Gasteiger partial charge on any atom is -0.381 e. The largest absolute Gasteiger partial charge is 0.418 e. The summed E-state index contributed by atoms with van der Waals surface area (Å²) < 4.78 is 37.8. The molecule has 0 saturated carbocycles. The normalized spacial score (nSPS) is 11.2. The molecule has 0 aliphatic heterocycles. The van der Waals surface area contributed by atoms with Gasteiger partial charge in [-0.15, -0.1) is 0 Å². The number of para-hydroxylation sites is 1. The average molecular weight is 229 g/mol. The van der Waals surface area contributed by atoms with E-state index in [-0.39, 0.29) is 5.69 Å². The molecule has 1 nitrogen and oxygen atoms in total. The summed E-state index contributed by atoms with van der Waals surface area (Å²) in [6.45, 7) is 6.02. The molecule has 0 heterocycles. The lowest BCUT2D eigenvalue weighted by atomic mass is 10.1. The molecule has 0 bridgehead atoms. The minimum atomic E-state index is -4.32. The molecular formula is C12H14F3N. The van der Waals surface area contributed by atoms with E-state index in [9.17, 15) is 13.2 Å². The van der Waals surface area contributed by atoms with Crippen LogP contribution in [0.2, 0.25) is 0 Å². The van der Waals surface area contributed by atoms with Crippen molar-refractivity contribution in [3.63, 3.8) is 0 Å². The van der Waals surface area contributed by atoms with Crippen LogP contribution in [0, 0.1) is 0 Å². The van der Waals surface area contributed by atoms with Crippen molar-refractivity contribution in [2.45, 2.75) is 19.5 Å². The molecule has 0 aromatic heterocycles. The summed E-state index contributed by atoms with van der Waals surface area (Å²) in [5.41, 5.74) is 0.334. The molecule has 1 aromatic rings. The Morgan fingerprint density at radius 3 is 2.50 bits per heavy atom. The Morgan fingerprint density at radius 1 is 1.31 bits per heavy atom. The Labute approximate surface area is 93.0 Å². The van der Waals surface area contributed by atoms with E-state index in [1.54, 1.807) is 6.07 Å². The molecule has 0 atom stereocenters. The van der Waals surface area contributed by atoms with E-state index in [1.807, 2.05) is 6.92 Å². The lowest BCUT2D eigenvalue weighted by Gasteiger charge is -2.14. The van der Waals surface area contributed by atoms with Crippen LogP contribution in [0.25, 0.3) is 0 Å². The van der Waals surface area contributed by atoms with Gasteiger partial charge < -0.3 is 5.32 Å². The van der Waals surface area contributed by atoms with Crippen molar-refractivity contribution < 1.29 is 13.2 Å². The first kappa shape index (κ1) is 12.6. The number of halogens is 3. The van der Waals surface area contributed by atoms with Gasteiger partial charge in [0, 0.05) is 12.2 Å². The molecule has 0 radical (unpaired) electrons. The fourth-order valence-electron chi connectivity index (χ4n) is 1.23. The SMILES string of the molecule is C=C(CC)CNc1ccccc1C(F)(F)F. The van der Waals surface area contributed by atoms with Gasteiger partial charge in [0.15, 0.2) is 0 Å². The van der Waals surface area contributed by atoms with Crippen molar-refractivity contribution >= 4 is 5.69 Å². The lowest BCUT2D eigenvalue weighted by molar-refractivity contribution is -0.136. The summed E-state index contributed by atoms with van der Waals surface area (Å²) >= 11 is 0. The molecule has 0 aliphatic rings. The Morgan fingerprint density at radius 2 is 1.94 bits per heavy atom. The van der Waals surface area contributed by atoms with Crippen molar-refractivity contribution in [1.29, 1.82) is 0 Å². The number of nitrogens with one attached hydrogen (secondary N) is 1. The summed E-state index contributed by atoms with van der Waals surface area (Å²) in [6, 6.07) is 5.44. The van der Waals surface area contributed by atoms with Gasteiger partial charge in [0.25, 0.3) is 0 Å². The first-order chi connectivity index (χ1) is 7.45. The van der Waals surface area contributed by atoms with Crippen molar-refractivity contribution in [2.75, 3.05) is 11.9 Å². The Kier molecular flexibility index (Phi) is 3.99. The fourth-order valence-corrected chi connectivity index (χ4v) is 1.23. The maximum Gasteiger partial charge on any atom is 0.418 e. The number of hydrogen-bond acceptors (Lipinski definition) is 1. The quantitative estimate of drug-likeness (QED) is 0.767. The summed E-state index contributed by atoms with van der Waals surface area (Å²) in [5.74, 6) is 0. The van der Waals surface area contributed by atoms with E-state index in [0.29, 0.717) is 6.54 Å². The van der Waals surface area contributed by atoms with Crippen LogP contribution < -0.4 is 5.32 Å². The highest BCUT2D eigenvalue weighted by Gasteiger charge is 2.32. The predicted molar refractivity (Wildman–Crippen MR) is 59.4 cm³/mol. The maximum absolute atomic E-state index is 12.6. The molecule has 0 amide bonds. The monoisotopic (exact) mass is 229 g/mol. The Balaban J connectivity index is 2.84. The van der Waals surface area contributed by atoms with Crippen LogP contribution in [-0.4, -0.2) is 6.54 Å². The second-order valence-electron chi connectivity index (χ2n) is 3.50.